The maximum atomic E-state index is 11.8. The molecule has 2 aliphatic rings. The highest BCUT2D eigenvalue weighted by Crippen LogP contribution is 2.45. The van der Waals surface area contributed by atoms with E-state index in [1.807, 2.05) is 18.2 Å². The van der Waals surface area contributed by atoms with Crippen LogP contribution < -0.4 is 5.32 Å². The zero-order valence-electron chi connectivity index (χ0n) is 11.0. The highest BCUT2D eigenvalue weighted by Gasteiger charge is 2.41. The molecule has 1 heterocycles. The number of aliphatic carboxylic acids is 1. The summed E-state index contributed by atoms with van der Waals surface area (Å²) in [6, 6.07) is 4.70. The molecule has 1 aromatic rings. The maximum absolute atomic E-state index is 11.8. The van der Waals surface area contributed by atoms with Crippen LogP contribution in [-0.4, -0.2) is 30.2 Å². The third-order valence-electron chi connectivity index (χ3n) is 4.07. The second-order valence-corrected chi connectivity index (χ2v) is 5.08. The molecule has 0 radical (unpaired) electrons. The minimum absolute atomic E-state index is 0.00658. The van der Waals surface area contributed by atoms with Gasteiger partial charge in [-0.2, -0.15) is 0 Å². The fraction of sp³-hybridized carbons (Fsp3) is 0.333. The van der Waals surface area contributed by atoms with E-state index in [0.29, 0.717) is 11.3 Å². The maximum Gasteiger partial charge on any atom is 0.339 e. The zero-order chi connectivity index (χ0) is 14.3. The molecule has 0 saturated heterocycles. The minimum Gasteiger partial charge on any atom is -0.480 e. The topological polar surface area (TPSA) is 75.6 Å². The number of para-hydroxylation sites is 1. The molecule has 3 atom stereocenters. The van der Waals surface area contributed by atoms with Crippen LogP contribution in [-0.2, 0) is 9.53 Å². The number of carbonyl (C=O) groups excluding carboxylic acids is 1. The van der Waals surface area contributed by atoms with Crippen molar-refractivity contribution < 1.29 is 19.4 Å². The summed E-state index contributed by atoms with van der Waals surface area (Å²) in [7, 11) is 1.32. The number of carboxylic acids is 1. The Kier molecular flexibility index (Phi) is 2.97. The van der Waals surface area contributed by atoms with Crippen molar-refractivity contribution in [3.05, 3.63) is 41.5 Å². The molecule has 0 unspecified atom stereocenters. The molecule has 0 aromatic heterocycles. The fourth-order valence-electron chi connectivity index (χ4n) is 3.15. The lowest BCUT2D eigenvalue weighted by molar-refractivity contribution is -0.139. The first kappa shape index (κ1) is 12.7. The molecule has 0 fully saturated rings. The van der Waals surface area contributed by atoms with Gasteiger partial charge in [-0.15, -0.1) is 0 Å². The Bertz CT molecular complexity index is 608. The molecular weight excluding hydrogens is 258 g/mol. The lowest BCUT2D eigenvalue weighted by Crippen LogP contribution is -2.42. The van der Waals surface area contributed by atoms with E-state index in [2.05, 4.69) is 5.32 Å². The van der Waals surface area contributed by atoms with Gasteiger partial charge < -0.3 is 15.2 Å². The smallest absolute Gasteiger partial charge is 0.339 e. The summed E-state index contributed by atoms with van der Waals surface area (Å²) in [5, 5.41) is 12.4. The number of methoxy groups -OCH3 is 1. The molecule has 1 aromatic carbocycles. The Labute approximate surface area is 116 Å². The van der Waals surface area contributed by atoms with Crippen LogP contribution in [0.2, 0.25) is 0 Å². The average Bonchev–Trinajstić information content (AvgIpc) is 2.94. The van der Waals surface area contributed by atoms with Crippen molar-refractivity contribution >= 4 is 17.6 Å². The van der Waals surface area contributed by atoms with Gasteiger partial charge in [0.15, 0.2) is 0 Å². The zero-order valence-corrected chi connectivity index (χ0v) is 11.0. The number of carboxylic acid groups (broad SMARTS) is 1. The van der Waals surface area contributed by atoms with E-state index in [1.165, 1.54) is 7.11 Å². The van der Waals surface area contributed by atoms with E-state index in [4.69, 9.17) is 4.74 Å². The van der Waals surface area contributed by atoms with Crippen molar-refractivity contribution in [1.82, 2.24) is 0 Å². The molecule has 20 heavy (non-hydrogen) atoms. The van der Waals surface area contributed by atoms with Gasteiger partial charge in [0.05, 0.1) is 18.4 Å². The Morgan fingerprint density at radius 2 is 2.20 bits per heavy atom. The first-order chi connectivity index (χ1) is 9.63. The van der Waals surface area contributed by atoms with Crippen molar-refractivity contribution in [2.75, 3.05) is 12.4 Å². The van der Waals surface area contributed by atoms with Gasteiger partial charge in [0.2, 0.25) is 0 Å². The van der Waals surface area contributed by atoms with Crippen LogP contribution in [0, 0.1) is 5.92 Å². The molecule has 0 bridgehead atoms. The van der Waals surface area contributed by atoms with Crippen molar-refractivity contribution in [3.63, 3.8) is 0 Å². The van der Waals surface area contributed by atoms with Crippen molar-refractivity contribution in [2.45, 2.75) is 18.4 Å². The molecule has 5 nitrogen and oxygen atoms in total. The summed E-state index contributed by atoms with van der Waals surface area (Å²) in [6.45, 7) is 0. The second-order valence-electron chi connectivity index (χ2n) is 5.08. The third kappa shape index (κ3) is 1.78. The van der Waals surface area contributed by atoms with Crippen LogP contribution in [0.3, 0.4) is 0 Å². The van der Waals surface area contributed by atoms with Crippen molar-refractivity contribution in [2.24, 2.45) is 5.92 Å². The summed E-state index contributed by atoms with van der Waals surface area (Å²) >= 11 is 0. The van der Waals surface area contributed by atoms with Crippen LogP contribution in [0.5, 0.6) is 0 Å². The predicted octanol–water partition coefficient (Wildman–Crippen LogP) is 2.01. The van der Waals surface area contributed by atoms with Crippen LogP contribution >= 0.6 is 0 Å². The van der Waals surface area contributed by atoms with Crippen molar-refractivity contribution in [1.29, 1.82) is 0 Å². The number of benzene rings is 1. The molecular formula is C15H15NO4. The van der Waals surface area contributed by atoms with E-state index in [-0.39, 0.29) is 11.8 Å². The van der Waals surface area contributed by atoms with Crippen LogP contribution in [0.15, 0.2) is 30.4 Å². The minimum atomic E-state index is -0.894. The van der Waals surface area contributed by atoms with Gasteiger partial charge in [-0.3, -0.25) is 0 Å². The Morgan fingerprint density at radius 1 is 1.40 bits per heavy atom. The summed E-state index contributed by atoms with van der Waals surface area (Å²) in [5.41, 5.74) is 1.93. The Morgan fingerprint density at radius 3 is 2.90 bits per heavy atom. The number of fused-ring (bicyclic) bond motifs is 3. The van der Waals surface area contributed by atoms with Crippen LogP contribution in [0.4, 0.5) is 5.69 Å². The van der Waals surface area contributed by atoms with E-state index >= 15 is 0 Å². The van der Waals surface area contributed by atoms with Gasteiger partial charge >= 0.3 is 11.9 Å². The number of anilines is 1. The molecule has 2 N–H and O–H groups in total. The van der Waals surface area contributed by atoms with Gasteiger partial charge in [-0.25, -0.2) is 9.59 Å². The van der Waals surface area contributed by atoms with E-state index in [9.17, 15) is 14.7 Å². The van der Waals surface area contributed by atoms with E-state index < -0.39 is 18.0 Å². The number of nitrogens with one attached hydrogen (secondary N) is 1. The Hall–Kier alpha value is -2.30. The van der Waals surface area contributed by atoms with Gasteiger partial charge in [0, 0.05) is 11.8 Å². The molecule has 3 rings (SSSR count). The van der Waals surface area contributed by atoms with Crippen molar-refractivity contribution in [3.8, 4) is 0 Å². The largest absolute Gasteiger partial charge is 0.480 e. The summed E-state index contributed by atoms with van der Waals surface area (Å²) in [5.74, 6) is -1.32. The number of allylic oxidation sites excluding steroid dienone is 2. The Balaban J connectivity index is 2.12. The number of hydrogen-bond acceptors (Lipinski definition) is 4. The lowest BCUT2D eigenvalue weighted by atomic mass is 9.78. The number of rotatable bonds is 2. The summed E-state index contributed by atoms with van der Waals surface area (Å²) < 4.78 is 4.77. The van der Waals surface area contributed by atoms with Gasteiger partial charge in [-0.1, -0.05) is 24.3 Å². The highest BCUT2D eigenvalue weighted by atomic mass is 16.5. The normalized spacial score (nSPS) is 26.4. The quantitative estimate of drug-likeness (QED) is 0.637. The SMILES string of the molecule is COC(=O)c1cccc2c1N[C@H](C(=O)O)[C@@H]1CC=C[C@H]21. The standard InChI is InChI=1S/C15H15NO4/c1-20-15(19)11-7-3-5-9-8-4-2-6-10(8)13(14(17)18)16-12(9)11/h2-5,7-8,10,13,16H,6H2,1H3,(H,17,18)/t8-,10-,13+/m1/s1. The molecule has 0 spiro atoms. The molecule has 0 amide bonds. The molecule has 104 valence electrons. The van der Waals surface area contributed by atoms with Gasteiger partial charge in [-0.05, 0) is 18.1 Å². The summed E-state index contributed by atoms with van der Waals surface area (Å²) in [6.07, 6.45) is 4.77. The number of esters is 1. The monoisotopic (exact) mass is 273 g/mol. The van der Waals surface area contributed by atoms with E-state index in [0.717, 1.165) is 12.0 Å². The fourth-order valence-corrected chi connectivity index (χ4v) is 3.15. The molecule has 5 heteroatoms. The first-order valence-corrected chi connectivity index (χ1v) is 6.50. The average molecular weight is 273 g/mol. The number of carbonyl (C=O) groups is 2. The molecule has 0 saturated carbocycles. The molecule has 1 aliphatic carbocycles. The van der Waals surface area contributed by atoms with Gasteiger partial charge in [0.25, 0.3) is 0 Å². The first-order valence-electron chi connectivity index (χ1n) is 6.50. The third-order valence-corrected chi connectivity index (χ3v) is 4.07. The lowest BCUT2D eigenvalue weighted by Gasteiger charge is -2.35. The second kappa shape index (κ2) is 4.67. The number of ether oxygens (including phenoxy) is 1. The molecule has 1 aliphatic heterocycles. The predicted molar refractivity (Wildman–Crippen MR) is 72.8 cm³/mol. The van der Waals surface area contributed by atoms with E-state index in [1.54, 1.807) is 12.1 Å². The highest BCUT2D eigenvalue weighted by molar-refractivity contribution is 5.98. The van der Waals surface area contributed by atoms with Crippen LogP contribution in [0.25, 0.3) is 0 Å². The van der Waals surface area contributed by atoms with Crippen LogP contribution in [0.1, 0.15) is 28.3 Å². The van der Waals surface area contributed by atoms with Gasteiger partial charge in [0.1, 0.15) is 6.04 Å². The summed E-state index contributed by atoms with van der Waals surface area (Å²) in [4.78, 5) is 23.3. The number of hydrogen-bond donors (Lipinski definition) is 2.